The normalized spacial score (nSPS) is 13.5. The van der Waals surface area contributed by atoms with Crippen molar-refractivity contribution in [2.75, 3.05) is 26.9 Å². The lowest BCUT2D eigenvalue weighted by molar-refractivity contribution is -0.123. The number of hydrogen-bond acceptors (Lipinski definition) is 6. The summed E-state index contributed by atoms with van der Waals surface area (Å²) in [4.78, 5) is 36.7. The van der Waals surface area contributed by atoms with Crippen molar-refractivity contribution in [1.29, 1.82) is 0 Å². The molecule has 1 aromatic heterocycles. The van der Waals surface area contributed by atoms with Gasteiger partial charge >= 0.3 is 12.0 Å². The van der Waals surface area contributed by atoms with Crippen LogP contribution in [0, 0.1) is 0 Å². The van der Waals surface area contributed by atoms with E-state index in [1.165, 1.54) is 35.3 Å². The molecule has 0 aromatic carbocycles. The van der Waals surface area contributed by atoms with Crippen LogP contribution >= 0.6 is 11.3 Å². The van der Waals surface area contributed by atoms with Gasteiger partial charge in [-0.2, -0.15) is 0 Å². The van der Waals surface area contributed by atoms with Gasteiger partial charge in [0.25, 0.3) is 5.91 Å². The molecule has 2 rings (SSSR count). The quantitative estimate of drug-likeness (QED) is 0.460. The molecule has 0 saturated heterocycles. The maximum Gasteiger partial charge on any atom is 0.348 e. The van der Waals surface area contributed by atoms with Gasteiger partial charge in [0, 0.05) is 18.5 Å². The van der Waals surface area contributed by atoms with E-state index in [1.807, 2.05) is 6.07 Å². The number of ether oxygens (including phenoxy) is 2. The maximum absolute atomic E-state index is 12.0. The monoisotopic (exact) mass is 354 g/mol. The lowest BCUT2D eigenvalue weighted by Gasteiger charge is -2.06. The number of hydrogen-bond donors (Lipinski definition) is 2. The molecule has 1 aliphatic rings. The Morgan fingerprint density at radius 2 is 2.00 bits per heavy atom. The number of carbonyl (C=O) groups excluding carboxylic acids is 3. The molecule has 7 nitrogen and oxygen atoms in total. The summed E-state index contributed by atoms with van der Waals surface area (Å²) in [5, 5.41) is 4.52. The minimum absolute atomic E-state index is 0.288. The summed E-state index contributed by atoms with van der Waals surface area (Å²) in [5.41, 5.74) is 1.21. The first-order valence-electron chi connectivity index (χ1n) is 7.95. The van der Waals surface area contributed by atoms with Crippen molar-refractivity contribution in [3.63, 3.8) is 0 Å². The highest BCUT2D eigenvalue weighted by Crippen LogP contribution is 2.29. The number of carbonyl (C=O) groups is 3. The molecule has 8 heteroatoms. The second-order valence-electron chi connectivity index (χ2n) is 5.49. The smallest absolute Gasteiger partial charge is 0.348 e. The first-order valence-corrected chi connectivity index (χ1v) is 8.77. The fraction of sp³-hybridized carbons (Fsp3) is 0.562. The summed E-state index contributed by atoms with van der Waals surface area (Å²) < 4.78 is 9.75. The number of fused-ring (bicyclic) bond motifs is 1. The zero-order chi connectivity index (χ0) is 17.4. The van der Waals surface area contributed by atoms with E-state index in [-0.39, 0.29) is 6.54 Å². The third-order valence-electron chi connectivity index (χ3n) is 3.63. The number of thiophene rings is 1. The number of aryl methyl sites for hydroxylation is 2. The molecule has 0 saturated carbocycles. The first-order chi connectivity index (χ1) is 11.6. The summed E-state index contributed by atoms with van der Waals surface area (Å²) in [6.07, 6.45) is 5.48. The second kappa shape index (κ2) is 9.39. The van der Waals surface area contributed by atoms with Gasteiger partial charge in [-0.05, 0) is 37.3 Å². The molecule has 24 heavy (non-hydrogen) atoms. The third kappa shape index (κ3) is 5.61. The lowest BCUT2D eigenvalue weighted by atomic mass is 10.1. The topological polar surface area (TPSA) is 93.7 Å². The number of amides is 3. The molecular weight excluding hydrogens is 332 g/mol. The van der Waals surface area contributed by atoms with E-state index in [2.05, 4.69) is 10.6 Å². The van der Waals surface area contributed by atoms with E-state index in [0.29, 0.717) is 11.5 Å². The van der Waals surface area contributed by atoms with Crippen LogP contribution in [-0.2, 0) is 27.1 Å². The van der Waals surface area contributed by atoms with Gasteiger partial charge < -0.3 is 14.8 Å². The number of imide groups is 1. The van der Waals surface area contributed by atoms with E-state index in [0.717, 1.165) is 25.7 Å². The Labute approximate surface area is 144 Å². The molecule has 3 amide bonds. The molecule has 0 aliphatic heterocycles. The standard InChI is InChI=1S/C16H22N2O5S/c1-22-8-7-17-16(21)18-14(19)10-23-15(20)13-9-11-5-3-2-4-6-12(11)24-13/h9H,2-8,10H2,1H3,(H2,17,18,19,21). The van der Waals surface area contributed by atoms with Gasteiger partial charge in [0.15, 0.2) is 6.61 Å². The predicted octanol–water partition coefficient (Wildman–Crippen LogP) is 1.65. The minimum Gasteiger partial charge on any atom is -0.451 e. The van der Waals surface area contributed by atoms with Gasteiger partial charge in [-0.1, -0.05) is 6.42 Å². The average molecular weight is 354 g/mol. The van der Waals surface area contributed by atoms with Gasteiger partial charge in [0.05, 0.1) is 6.61 Å². The van der Waals surface area contributed by atoms with E-state index >= 15 is 0 Å². The maximum atomic E-state index is 12.0. The summed E-state index contributed by atoms with van der Waals surface area (Å²) in [7, 11) is 1.51. The van der Waals surface area contributed by atoms with Crippen LogP contribution in [-0.4, -0.2) is 44.8 Å². The van der Waals surface area contributed by atoms with Crippen LogP contribution in [0.5, 0.6) is 0 Å². The van der Waals surface area contributed by atoms with Gasteiger partial charge in [-0.15, -0.1) is 11.3 Å². The Hall–Kier alpha value is -1.93. The molecule has 132 valence electrons. The molecule has 0 radical (unpaired) electrons. The van der Waals surface area contributed by atoms with Crippen molar-refractivity contribution in [2.24, 2.45) is 0 Å². The Bertz CT molecular complexity index is 576. The van der Waals surface area contributed by atoms with Gasteiger partial charge in [-0.3, -0.25) is 10.1 Å². The zero-order valence-corrected chi connectivity index (χ0v) is 14.5. The number of urea groups is 1. The average Bonchev–Trinajstić information content (AvgIpc) is 2.84. The molecule has 0 unspecified atom stereocenters. The van der Waals surface area contributed by atoms with Crippen LogP contribution in [0.15, 0.2) is 6.07 Å². The number of rotatable bonds is 6. The third-order valence-corrected chi connectivity index (χ3v) is 4.84. The van der Waals surface area contributed by atoms with Crippen molar-refractivity contribution in [1.82, 2.24) is 10.6 Å². The van der Waals surface area contributed by atoms with Crippen molar-refractivity contribution >= 4 is 29.2 Å². The van der Waals surface area contributed by atoms with Crippen LogP contribution in [0.3, 0.4) is 0 Å². The Morgan fingerprint density at radius 3 is 2.79 bits per heavy atom. The van der Waals surface area contributed by atoms with E-state index in [1.54, 1.807) is 0 Å². The Kier molecular flexibility index (Phi) is 7.20. The Balaban J connectivity index is 1.76. The van der Waals surface area contributed by atoms with E-state index in [4.69, 9.17) is 9.47 Å². The fourth-order valence-corrected chi connectivity index (χ4v) is 3.59. The summed E-state index contributed by atoms with van der Waals surface area (Å²) >= 11 is 1.44. The highest BCUT2D eigenvalue weighted by Gasteiger charge is 2.18. The van der Waals surface area contributed by atoms with Gasteiger partial charge in [0.1, 0.15) is 4.88 Å². The molecule has 1 heterocycles. The SMILES string of the molecule is COCCNC(=O)NC(=O)COC(=O)c1cc2c(s1)CCCCC2. The van der Waals surface area contributed by atoms with Crippen LogP contribution < -0.4 is 10.6 Å². The fourth-order valence-electron chi connectivity index (χ4n) is 2.44. The lowest BCUT2D eigenvalue weighted by Crippen LogP contribution is -2.42. The molecule has 1 aromatic rings. The van der Waals surface area contributed by atoms with Crippen molar-refractivity contribution in [3.05, 3.63) is 21.4 Å². The molecule has 0 spiro atoms. The molecule has 1 aliphatic carbocycles. The molecule has 2 N–H and O–H groups in total. The van der Waals surface area contributed by atoms with Crippen LogP contribution in [0.1, 0.15) is 39.4 Å². The zero-order valence-electron chi connectivity index (χ0n) is 13.7. The molecule has 0 atom stereocenters. The van der Waals surface area contributed by atoms with Crippen molar-refractivity contribution in [2.45, 2.75) is 32.1 Å². The number of esters is 1. The predicted molar refractivity (Wildman–Crippen MR) is 89.3 cm³/mol. The highest BCUT2D eigenvalue weighted by atomic mass is 32.1. The van der Waals surface area contributed by atoms with Crippen molar-refractivity contribution in [3.8, 4) is 0 Å². The van der Waals surface area contributed by atoms with Gasteiger partial charge in [-0.25, -0.2) is 9.59 Å². The van der Waals surface area contributed by atoms with E-state index < -0.39 is 24.5 Å². The van der Waals surface area contributed by atoms with Crippen LogP contribution in [0.25, 0.3) is 0 Å². The van der Waals surface area contributed by atoms with Crippen LogP contribution in [0.4, 0.5) is 4.79 Å². The largest absolute Gasteiger partial charge is 0.451 e. The Morgan fingerprint density at radius 1 is 1.21 bits per heavy atom. The molecule has 0 fully saturated rings. The highest BCUT2D eigenvalue weighted by molar-refractivity contribution is 7.14. The minimum atomic E-state index is -0.670. The first kappa shape index (κ1) is 18.4. The summed E-state index contributed by atoms with van der Waals surface area (Å²) in [6, 6.07) is 1.22. The van der Waals surface area contributed by atoms with Crippen molar-refractivity contribution < 1.29 is 23.9 Å². The summed E-state index contributed by atoms with van der Waals surface area (Å²) in [5.74, 6) is -1.19. The van der Waals surface area contributed by atoms with Gasteiger partial charge in [0.2, 0.25) is 0 Å². The second-order valence-corrected chi connectivity index (χ2v) is 6.63. The summed E-state index contributed by atoms with van der Waals surface area (Å²) in [6.45, 7) is 0.148. The molecular formula is C16H22N2O5S. The number of methoxy groups -OCH3 is 1. The van der Waals surface area contributed by atoms with E-state index in [9.17, 15) is 14.4 Å². The number of nitrogens with one attached hydrogen (secondary N) is 2. The molecule has 0 bridgehead atoms. The van der Waals surface area contributed by atoms with Crippen LogP contribution in [0.2, 0.25) is 0 Å².